The SMILES string of the molecule is C=C(C=C(N(C(C)CC)C1CC1)C(F)(F)F)C(=O)OCC. The molecule has 0 aromatic rings. The third-order valence-corrected chi connectivity index (χ3v) is 3.42. The van der Waals surface area contributed by atoms with Crippen molar-refractivity contribution in [2.45, 2.75) is 58.3 Å². The Bertz CT molecular complexity index is 425. The topological polar surface area (TPSA) is 29.5 Å². The van der Waals surface area contributed by atoms with Crippen LogP contribution in [0.1, 0.15) is 40.0 Å². The van der Waals surface area contributed by atoms with E-state index in [2.05, 4.69) is 6.58 Å². The van der Waals surface area contributed by atoms with E-state index in [-0.39, 0.29) is 24.3 Å². The molecule has 3 nitrogen and oxygen atoms in total. The monoisotopic (exact) mass is 305 g/mol. The Morgan fingerprint density at radius 2 is 2.00 bits per heavy atom. The molecule has 0 bridgehead atoms. The van der Waals surface area contributed by atoms with Gasteiger partial charge in [-0.25, -0.2) is 4.79 Å². The van der Waals surface area contributed by atoms with E-state index in [1.54, 1.807) is 13.8 Å². The fraction of sp³-hybridized carbons (Fsp3) is 0.667. The van der Waals surface area contributed by atoms with Gasteiger partial charge in [0.05, 0.1) is 12.2 Å². The minimum Gasteiger partial charge on any atom is -0.462 e. The fourth-order valence-electron chi connectivity index (χ4n) is 2.09. The zero-order valence-corrected chi connectivity index (χ0v) is 12.7. The number of carbonyl (C=O) groups is 1. The summed E-state index contributed by atoms with van der Waals surface area (Å²) in [5.41, 5.74) is -1.09. The van der Waals surface area contributed by atoms with Crippen LogP contribution >= 0.6 is 0 Å². The molecule has 0 heterocycles. The lowest BCUT2D eigenvalue weighted by Crippen LogP contribution is -2.40. The molecule has 0 spiro atoms. The van der Waals surface area contributed by atoms with Crippen molar-refractivity contribution < 1.29 is 22.7 Å². The molecule has 1 rings (SSSR count). The van der Waals surface area contributed by atoms with Crippen molar-refractivity contribution in [2.75, 3.05) is 6.61 Å². The summed E-state index contributed by atoms with van der Waals surface area (Å²) >= 11 is 0. The van der Waals surface area contributed by atoms with E-state index in [1.165, 1.54) is 4.90 Å². The van der Waals surface area contributed by atoms with E-state index < -0.39 is 17.8 Å². The Hall–Kier alpha value is -1.46. The molecule has 1 atom stereocenters. The predicted molar refractivity (Wildman–Crippen MR) is 74.5 cm³/mol. The molecule has 21 heavy (non-hydrogen) atoms. The summed E-state index contributed by atoms with van der Waals surface area (Å²) in [5.74, 6) is -0.820. The van der Waals surface area contributed by atoms with E-state index in [1.807, 2.05) is 6.92 Å². The lowest BCUT2D eigenvalue weighted by atomic mass is 10.1. The van der Waals surface area contributed by atoms with Gasteiger partial charge < -0.3 is 9.64 Å². The summed E-state index contributed by atoms with van der Waals surface area (Å²) in [7, 11) is 0. The van der Waals surface area contributed by atoms with E-state index >= 15 is 0 Å². The Morgan fingerprint density at radius 1 is 1.43 bits per heavy atom. The summed E-state index contributed by atoms with van der Waals surface area (Å²) < 4.78 is 44.8. The third kappa shape index (κ3) is 4.79. The normalized spacial score (nSPS) is 17.3. The lowest BCUT2D eigenvalue weighted by molar-refractivity contribution is -0.138. The van der Waals surface area contributed by atoms with Gasteiger partial charge in [-0.3, -0.25) is 0 Å². The van der Waals surface area contributed by atoms with Gasteiger partial charge in [-0.1, -0.05) is 13.5 Å². The third-order valence-electron chi connectivity index (χ3n) is 3.42. The molecule has 0 radical (unpaired) electrons. The van der Waals surface area contributed by atoms with Gasteiger partial charge in [-0.2, -0.15) is 13.2 Å². The maximum absolute atomic E-state index is 13.4. The molecule has 1 aliphatic rings. The molecular weight excluding hydrogens is 283 g/mol. The Balaban J connectivity index is 3.09. The lowest BCUT2D eigenvalue weighted by Gasteiger charge is -2.34. The van der Waals surface area contributed by atoms with E-state index in [0.29, 0.717) is 6.42 Å². The molecule has 120 valence electrons. The molecule has 0 amide bonds. The van der Waals surface area contributed by atoms with Crippen molar-refractivity contribution in [3.63, 3.8) is 0 Å². The number of ether oxygens (including phenoxy) is 1. The minimum absolute atomic E-state index is 0.102. The average Bonchev–Trinajstić information content (AvgIpc) is 3.21. The van der Waals surface area contributed by atoms with Crippen molar-refractivity contribution in [1.29, 1.82) is 0 Å². The summed E-state index contributed by atoms with van der Waals surface area (Å²) in [6.07, 6.45) is -1.65. The van der Waals surface area contributed by atoms with Crippen LogP contribution in [-0.4, -0.2) is 35.7 Å². The van der Waals surface area contributed by atoms with Crippen LogP contribution in [0.3, 0.4) is 0 Å². The van der Waals surface area contributed by atoms with Gasteiger partial charge in [-0.15, -0.1) is 0 Å². The second-order valence-corrected chi connectivity index (χ2v) is 5.17. The molecule has 0 aromatic carbocycles. The number of esters is 1. The molecule has 0 N–H and O–H groups in total. The molecule has 1 saturated carbocycles. The van der Waals surface area contributed by atoms with Crippen molar-refractivity contribution in [3.05, 3.63) is 23.9 Å². The number of allylic oxidation sites excluding steroid dienone is 1. The van der Waals surface area contributed by atoms with Gasteiger partial charge in [0.2, 0.25) is 0 Å². The number of nitrogens with zero attached hydrogens (tertiary/aromatic N) is 1. The Morgan fingerprint density at radius 3 is 2.38 bits per heavy atom. The average molecular weight is 305 g/mol. The van der Waals surface area contributed by atoms with Gasteiger partial charge in [0.25, 0.3) is 0 Å². The summed E-state index contributed by atoms with van der Waals surface area (Å²) in [5, 5.41) is 0. The van der Waals surface area contributed by atoms with Gasteiger partial charge >= 0.3 is 12.1 Å². The molecule has 6 heteroatoms. The zero-order valence-electron chi connectivity index (χ0n) is 12.7. The number of hydrogen-bond acceptors (Lipinski definition) is 3. The molecule has 0 saturated heterocycles. The maximum Gasteiger partial charge on any atom is 0.431 e. The number of hydrogen-bond donors (Lipinski definition) is 0. The van der Waals surface area contributed by atoms with Gasteiger partial charge in [0.15, 0.2) is 0 Å². The van der Waals surface area contributed by atoms with Crippen LogP contribution in [-0.2, 0) is 9.53 Å². The second-order valence-electron chi connectivity index (χ2n) is 5.17. The predicted octanol–water partition coefficient (Wildman–Crippen LogP) is 3.81. The minimum atomic E-state index is -4.53. The van der Waals surface area contributed by atoms with Crippen molar-refractivity contribution in [3.8, 4) is 0 Å². The first kappa shape index (κ1) is 17.6. The fourth-order valence-corrected chi connectivity index (χ4v) is 2.09. The van der Waals surface area contributed by atoms with Gasteiger partial charge in [0.1, 0.15) is 5.70 Å². The smallest absolute Gasteiger partial charge is 0.431 e. The number of alkyl halides is 3. The highest BCUT2D eigenvalue weighted by Crippen LogP contribution is 2.39. The van der Waals surface area contributed by atoms with E-state index in [9.17, 15) is 18.0 Å². The highest BCUT2D eigenvalue weighted by atomic mass is 19.4. The molecule has 0 aliphatic heterocycles. The van der Waals surface area contributed by atoms with E-state index in [0.717, 1.165) is 18.9 Å². The standard InChI is InChI=1S/C15H22F3NO2/c1-5-11(4)19(12-7-8-12)13(15(16,17)18)9-10(3)14(20)21-6-2/h9,11-12H,3,5-8H2,1-2,4H3. The summed E-state index contributed by atoms with van der Waals surface area (Å²) in [4.78, 5) is 12.9. The highest BCUT2D eigenvalue weighted by molar-refractivity contribution is 5.91. The first-order valence-corrected chi connectivity index (χ1v) is 7.15. The first-order chi connectivity index (χ1) is 9.72. The van der Waals surface area contributed by atoms with Crippen LogP contribution in [0.4, 0.5) is 13.2 Å². The van der Waals surface area contributed by atoms with Crippen LogP contribution in [0.15, 0.2) is 23.9 Å². The van der Waals surface area contributed by atoms with Gasteiger partial charge in [-0.05, 0) is 39.2 Å². The Kier molecular flexibility index (Phi) is 5.87. The molecule has 1 fully saturated rings. The highest BCUT2D eigenvalue weighted by Gasteiger charge is 2.44. The largest absolute Gasteiger partial charge is 0.462 e. The zero-order chi connectivity index (χ0) is 16.2. The summed E-state index contributed by atoms with van der Waals surface area (Å²) in [6, 6.07) is -0.358. The Labute approximate surface area is 123 Å². The van der Waals surface area contributed by atoms with Crippen molar-refractivity contribution in [1.82, 2.24) is 4.90 Å². The first-order valence-electron chi connectivity index (χ1n) is 7.15. The summed E-state index contributed by atoms with van der Waals surface area (Å²) in [6.45, 7) is 8.69. The van der Waals surface area contributed by atoms with Crippen molar-refractivity contribution >= 4 is 5.97 Å². The van der Waals surface area contributed by atoms with Crippen LogP contribution < -0.4 is 0 Å². The second kappa shape index (κ2) is 7.00. The van der Waals surface area contributed by atoms with Crippen LogP contribution in [0, 0.1) is 0 Å². The number of rotatable bonds is 7. The maximum atomic E-state index is 13.4. The molecule has 1 unspecified atom stereocenters. The number of carbonyl (C=O) groups excluding carboxylic acids is 1. The quantitative estimate of drug-likeness (QED) is 0.407. The van der Waals surface area contributed by atoms with Crippen LogP contribution in [0.25, 0.3) is 0 Å². The number of halogens is 3. The van der Waals surface area contributed by atoms with Crippen molar-refractivity contribution in [2.24, 2.45) is 0 Å². The molecular formula is C15H22F3NO2. The van der Waals surface area contributed by atoms with Gasteiger partial charge in [0, 0.05) is 12.1 Å². The van der Waals surface area contributed by atoms with E-state index in [4.69, 9.17) is 4.74 Å². The molecule has 1 aliphatic carbocycles. The molecule has 0 aromatic heterocycles. The van der Waals surface area contributed by atoms with Crippen LogP contribution in [0.5, 0.6) is 0 Å². The van der Waals surface area contributed by atoms with Crippen LogP contribution in [0.2, 0.25) is 0 Å².